The monoisotopic (exact) mass is 556 g/mol. The molecule has 0 unspecified atom stereocenters. The predicted octanol–water partition coefficient (Wildman–Crippen LogP) is 6.16. The first-order valence-electron chi connectivity index (χ1n) is 14.8. The number of carbonyl (C=O) groups excluding carboxylic acids is 2. The highest BCUT2D eigenvalue weighted by atomic mass is 19.1. The molecule has 216 valence electrons. The van der Waals surface area contributed by atoms with Crippen LogP contribution in [-0.2, 0) is 26.1 Å². The van der Waals surface area contributed by atoms with Crippen molar-refractivity contribution in [2.75, 3.05) is 31.6 Å². The Balaban J connectivity index is 1.10. The molecule has 2 amide bonds. The van der Waals surface area contributed by atoms with Crippen LogP contribution in [0.4, 0.5) is 14.9 Å². The summed E-state index contributed by atoms with van der Waals surface area (Å²) in [6.07, 6.45) is 5.81. The topological polar surface area (TPSA) is 69.9 Å². The van der Waals surface area contributed by atoms with Crippen molar-refractivity contribution >= 4 is 17.5 Å². The van der Waals surface area contributed by atoms with Gasteiger partial charge in [0.2, 0.25) is 0 Å². The molecule has 3 aromatic carbocycles. The zero-order valence-electron chi connectivity index (χ0n) is 24.0. The molecular weight excluding hydrogens is 515 g/mol. The van der Waals surface area contributed by atoms with Crippen molar-refractivity contribution in [2.45, 2.75) is 58.2 Å². The van der Waals surface area contributed by atoms with Crippen LogP contribution in [0.2, 0.25) is 0 Å². The zero-order valence-corrected chi connectivity index (χ0v) is 24.0. The summed E-state index contributed by atoms with van der Waals surface area (Å²) in [4.78, 5) is 31.0. The maximum absolute atomic E-state index is 13.3. The number of primary amides is 1. The van der Waals surface area contributed by atoms with Crippen molar-refractivity contribution in [2.24, 2.45) is 11.7 Å². The summed E-state index contributed by atoms with van der Waals surface area (Å²) in [6, 6.07) is 20.5. The number of Topliss-reactive ketones (excluding diaryl/α,β-unsaturated/α-hetero) is 1. The quantitative estimate of drug-likeness (QED) is 0.320. The molecule has 2 N–H and O–H groups in total. The van der Waals surface area contributed by atoms with Crippen LogP contribution in [0, 0.1) is 11.7 Å². The van der Waals surface area contributed by atoms with Crippen molar-refractivity contribution in [1.29, 1.82) is 0 Å². The summed E-state index contributed by atoms with van der Waals surface area (Å²) in [5, 5.41) is 0. The number of benzene rings is 3. The number of nitrogens with two attached hydrogens (primary N) is 1. The second-order valence-corrected chi connectivity index (χ2v) is 11.7. The molecule has 6 nitrogen and oxygen atoms in total. The van der Waals surface area contributed by atoms with Gasteiger partial charge in [0.25, 0.3) is 0 Å². The number of hydrogen-bond donors (Lipinski definition) is 1. The third kappa shape index (κ3) is 7.80. The third-order valence-electron chi connectivity index (χ3n) is 8.68. The van der Waals surface area contributed by atoms with Gasteiger partial charge in [-0.15, -0.1) is 0 Å². The minimum absolute atomic E-state index is 0.208. The van der Waals surface area contributed by atoms with E-state index in [1.807, 2.05) is 36.4 Å². The Hall–Kier alpha value is -3.55. The van der Waals surface area contributed by atoms with E-state index in [1.165, 1.54) is 33.7 Å². The van der Waals surface area contributed by atoms with Gasteiger partial charge in [0.05, 0.1) is 0 Å². The molecular formula is C34H41FN4O2. The molecule has 2 aliphatic heterocycles. The zero-order chi connectivity index (χ0) is 28.8. The molecule has 0 saturated carbocycles. The number of nitrogens with zero attached hydrogens (tertiary/aromatic N) is 3. The maximum atomic E-state index is 13.3. The van der Waals surface area contributed by atoms with Gasteiger partial charge in [0.1, 0.15) is 5.82 Å². The van der Waals surface area contributed by atoms with Gasteiger partial charge in [0.15, 0.2) is 5.78 Å². The molecule has 0 atom stereocenters. The largest absolute Gasteiger partial charge is 0.351 e. The number of urea groups is 1. The average molecular weight is 557 g/mol. The van der Waals surface area contributed by atoms with Gasteiger partial charge >= 0.3 is 6.03 Å². The lowest BCUT2D eigenvalue weighted by Crippen LogP contribution is -2.34. The van der Waals surface area contributed by atoms with Crippen LogP contribution in [-0.4, -0.2) is 48.3 Å². The number of rotatable bonds is 9. The molecule has 0 radical (unpaired) electrons. The number of ketones is 1. The Bertz CT molecular complexity index is 1350. The Kier molecular flexibility index (Phi) is 9.47. The summed E-state index contributed by atoms with van der Waals surface area (Å²) in [5.74, 6) is 0.593. The van der Waals surface area contributed by atoms with E-state index in [1.54, 1.807) is 7.05 Å². The van der Waals surface area contributed by atoms with Gasteiger partial charge in [0, 0.05) is 44.4 Å². The van der Waals surface area contributed by atoms with Gasteiger partial charge in [-0.25, -0.2) is 9.18 Å². The SMILES string of the molecule is CN(C(N)=O)c1cccc(CN2CCC(CCC(=O)c3ccc4c(c3)CN(Cc3ccc(F)cc3)CCC4)CC2)c1. The molecule has 0 aromatic heterocycles. The molecule has 0 aliphatic carbocycles. The number of amides is 2. The molecule has 5 rings (SSSR count). The van der Waals surface area contributed by atoms with E-state index in [0.29, 0.717) is 12.3 Å². The molecule has 7 heteroatoms. The van der Waals surface area contributed by atoms with Crippen LogP contribution >= 0.6 is 0 Å². The van der Waals surface area contributed by atoms with E-state index in [2.05, 4.69) is 28.0 Å². The van der Waals surface area contributed by atoms with Crippen LogP contribution in [0.5, 0.6) is 0 Å². The van der Waals surface area contributed by atoms with Crippen molar-refractivity contribution < 1.29 is 14.0 Å². The van der Waals surface area contributed by atoms with Crippen molar-refractivity contribution in [1.82, 2.24) is 9.80 Å². The van der Waals surface area contributed by atoms with E-state index in [-0.39, 0.29) is 11.6 Å². The predicted molar refractivity (Wildman–Crippen MR) is 161 cm³/mol. The van der Waals surface area contributed by atoms with Gasteiger partial charge in [-0.1, -0.05) is 36.4 Å². The molecule has 3 aromatic rings. The van der Waals surface area contributed by atoms with Crippen LogP contribution in [0.1, 0.15) is 64.7 Å². The number of likely N-dealkylation sites (tertiary alicyclic amines) is 1. The second kappa shape index (κ2) is 13.4. The lowest BCUT2D eigenvalue weighted by Gasteiger charge is -2.32. The normalized spacial score (nSPS) is 16.6. The summed E-state index contributed by atoms with van der Waals surface area (Å²) >= 11 is 0. The number of carbonyl (C=O) groups is 2. The van der Waals surface area contributed by atoms with Gasteiger partial charge in [-0.3, -0.25) is 19.5 Å². The van der Waals surface area contributed by atoms with E-state index in [4.69, 9.17) is 5.73 Å². The van der Waals surface area contributed by atoms with Crippen LogP contribution in [0.3, 0.4) is 0 Å². The Labute approximate surface area is 242 Å². The van der Waals surface area contributed by atoms with Crippen LogP contribution in [0.25, 0.3) is 0 Å². The summed E-state index contributed by atoms with van der Waals surface area (Å²) < 4.78 is 13.3. The number of piperidine rings is 1. The van der Waals surface area contributed by atoms with E-state index < -0.39 is 6.03 Å². The fraction of sp³-hybridized carbons (Fsp3) is 0.412. The fourth-order valence-corrected chi connectivity index (χ4v) is 6.15. The molecule has 1 saturated heterocycles. The summed E-state index contributed by atoms with van der Waals surface area (Å²) in [7, 11) is 1.69. The number of anilines is 1. The molecule has 0 bridgehead atoms. The smallest absolute Gasteiger partial charge is 0.318 e. The molecule has 2 aliphatic rings. The average Bonchev–Trinajstić information content (AvgIpc) is 3.18. The second-order valence-electron chi connectivity index (χ2n) is 11.7. The van der Waals surface area contributed by atoms with Gasteiger partial charge in [-0.2, -0.15) is 0 Å². The minimum atomic E-state index is -0.466. The number of halogens is 1. The molecule has 2 heterocycles. The van der Waals surface area contributed by atoms with E-state index >= 15 is 0 Å². The first-order valence-corrected chi connectivity index (χ1v) is 14.8. The molecule has 41 heavy (non-hydrogen) atoms. The lowest BCUT2D eigenvalue weighted by molar-refractivity contribution is 0.0961. The standard InChI is InChI=1S/C34H41FN4O2/c1-37(34(36)41)32-6-2-4-27(20-32)23-38-18-15-25(16-19-38)9-14-33(40)29-11-10-28-5-3-17-39(24-30(28)21-29)22-26-7-12-31(35)13-8-26/h2,4,6-8,10-13,20-21,25H,3,5,9,14-19,22-24H2,1H3,(H2,36,41). The highest BCUT2D eigenvalue weighted by Crippen LogP contribution is 2.27. The van der Waals surface area contributed by atoms with Crippen molar-refractivity contribution in [3.63, 3.8) is 0 Å². The molecule has 1 fully saturated rings. The summed E-state index contributed by atoms with van der Waals surface area (Å²) in [5.41, 5.74) is 11.9. The van der Waals surface area contributed by atoms with Gasteiger partial charge in [-0.05, 0) is 110 Å². The summed E-state index contributed by atoms with van der Waals surface area (Å²) in [6.45, 7) is 5.46. The fourth-order valence-electron chi connectivity index (χ4n) is 6.15. The van der Waals surface area contributed by atoms with Crippen molar-refractivity contribution in [3.8, 4) is 0 Å². The van der Waals surface area contributed by atoms with E-state index in [0.717, 1.165) is 88.2 Å². The van der Waals surface area contributed by atoms with Crippen molar-refractivity contribution in [3.05, 3.63) is 100 Å². The maximum Gasteiger partial charge on any atom is 0.318 e. The number of aryl methyl sites for hydroxylation is 1. The Morgan fingerprint density at radius 1 is 0.902 bits per heavy atom. The number of hydrogen-bond acceptors (Lipinski definition) is 4. The van der Waals surface area contributed by atoms with Gasteiger partial charge < -0.3 is 5.73 Å². The number of fused-ring (bicyclic) bond motifs is 1. The first kappa shape index (κ1) is 29.0. The van der Waals surface area contributed by atoms with E-state index in [9.17, 15) is 14.0 Å². The first-order chi connectivity index (χ1) is 19.8. The third-order valence-corrected chi connectivity index (χ3v) is 8.68. The highest BCUT2D eigenvalue weighted by molar-refractivity contribution is 5.96. The molecule has 0 spiro atoms. The van der Waals surface area contributed by atoms with Crippen LogP contribution < -0.4 is 10.6 Å². The Morgan fingerprint density at radius 3 is 2.41 bits per heavy atom. The Morgan fingerprint density at radius 2 is 1.66 bits per heavy atom. The highest BCUT2D eigenvalue weighted by Gasteiger charge is 2.22. The van der Waals surface area contributed by atoms with Crippen LogP contribution in [0.15, 0.2) is 66.7 Å². The lowest BCUT2D eigenvalue weighted by atomic mass is 9.89. The minimum Gasteiger partial charge on any atom is -0.351 e.